The average Bonchev–Trinajstić information content (AvgIpc) is 3.25. The maximum atomic E-state index is 12.3. The molecule has 1 saturated heterocycles. The summed E-state index contributed by atoms with van der Waals surface area (Å²) in [7, 11) is 0. The molecular weight excluding hydrogens is 376 g/mol. The maximum Gasteiger partial charge on any atom is 0.270 e. The van der Waals surface area contributed by atoms with Gasteiger partial charge < -0.3 is 9.88 Å². The molecule has 4 nitrogen and oxygen atoms in total. The summed E-state index contributed by atoms with van der Waals surface area (Å²) in [5.41, 5.74) is 1.07. The Hall–Kier alpha value is -1.53. The van der Waals surface area contributed by atoms with Gasteiger partial charge in [-0.15, -0.1) is 11.8 Å². The van der Waals surface area contributed by atoms with E-state index in [1.165, 1.54) is 11.8 Å². The molecule has 0 radical (unpaired) electrons. The highest BCUT2D eigenvalue weighted by Gasteiger charge is 2.21. The number of Topliss-reactive ketones (excluding diaryl/α,β-unsaturated/α-hetero) is 1. The molecule has 2 heterocycles. The van der Waals surface area contributed by atoms with E-state index in [2.05, 4.69) is 20.9 Å². The predicted molar refractivity (Wildman–Crippen MR) is 95.1 cm³/mol. The van der Waals surface area contributed by atoms with Crippen LogP contribution in [0.1, 0.15) is 33.7 Å². The molecule has 2 aromatic rings. The second-order valence-corrected chi connectivity index (χ2v) is 7.43. The van der Waals surface area contributed by atoms with E-state index in [1.807, 2.05) is 29.2 Å². The van der Waals surface area contributed by atoms with Crippen molar-refractivity contribution >= 4 is 39.4 Å². The number of nitrogens with zero attached hydrogens (tertiary/aromatic N) is 1. The number of likely N-dealkylation sites (tertiary alicyclic amines) is 1. The van der Waals surface area contributed by atoms with Gasteiger partial charge in [0.1, 0.15) is 5.69 Å². The third kappa shape index (κ3) is 4.06. The van der Waals surface area contributed by atoms with E-state index < -0.39 is 0 Å². The smallest absolute Gasteiger partial charge is 0.270 e. The minimum atomic E-state index is -0.0119. The van der Waals surface area contributed by atoms with Crippen LogP contribution in [0.25, 0.3) is 0 Å². The van der Waals surface area contributed by atoms with Crippen LogP contribution < -0.4 is 0 Å². The number of nitrogens with one attached hydrogen (secondary N) is 1. The van der Waals surface area contributed by atoms with Gasteiger partial charge in [-0.25, -0.2) is 0 Å². The summed E-state index contributed by atoms with van der Waals surface area (Å²) in [6.45, 7) is 1.61. The van der Waals surface area contributed by atoms with Crippen molar-refractivity contribution in [2.24, 2.45) is 0 Å². The third-order valence-corrected chi connectivity index (χ3v) is 5.35. The SMILES string of the molecule is O=C(CSc1ccc(Br)cc1)c1c[nH]c(C(=O)N2CCCC2)c1. The summed E-state index contributed by atoms with van der Waals surface area (Å²) in [6.07, 6.45) is 3.75. The number of hydrogen-bond donors (Lipinski definition) is 1. The van der Waals surface area contributed by atoms with E-state index in [0.29, 0.717) is 17.0 Å². The van der Waals surface area contributed by atoms with Crippen LogP contribution in [0.3, 0.4) is 0 Å². The molecule has 0 saturated carbocycles. The summed E-state index contributed by atoms with van der Waals surface area (Å²) in [6, 6.07) is 9.53. The number of carbonyl (C=O) groups excluding carboxylic acids is 2. The van der Waals surface area contributed by atoms with Crippen molar-refractivity contribution in [1.82, 2.24) is 9.88 Å². The highest BCUT2D eigenvalue weighted by atomic mass is 79.9. The maximum absolute atomic E-state index is 12.3. The monoisotopic (exact) mass is 392 g/mol. The molecule has 23 heavy (non-hydrogen) atoms. The van der Waals surface area contributed by atoms with Gasteiger partial charge >= 0.3 is 0 Å². The van der Waals surface area contributed by atoms with Gasteiger partial charge in [0.25, 0.3) is 5.91 Å². The standard InChI is InChI=1S/C17H17BrN2O2S/c18-13-3-5-14(6-4-13)23-11-16(21)12-9-15(19-10-12)17(22)20-7-1-2-8-20/h3-6,9-10,19H,1-2,7-8,11H2. The lowest BCUT2D eigenvalue weighted by Gasteiger charge is -2.13. The fraction of sp³-hybridized carbons (Fsp3) is 0.294. The minimum absolute atomic E-state index is 0.0119. The van der Waals surface area contributed by atoms with Crippen LogP contribution in [-0.2, 0) is 0 Å². The van der Waals surface area contributed by atoms with E-state index in [-0.39, 0.29) is 11.7 Å². The predicted octanol–water partition coefficient (Wildman–Crippen LogP) is 3.99. The van der Waals surface area contributed by atoms with Crippen molar-refractivity contribution in [3.63, 3.8) is 0 Å². The molecule has 1 aliphatic heterocycles. The summed E-state index contributed by atoms with van der Waals surface area (Å²) in [4.78, 5) is 30.4. The number of aromatic amines is 1. The topological polar surface area (TPSA) is 53.2 Å². The second-order valence-electron chi connectivity index (χ2n) is 5.47. The van der Waals surface area contributed by atoms with Gasteiger partial charge in [-0.1, -0.05) is 15.9 Å². The van der Waals surface area contributed by atoms with Crippen molar-refractivity contribution < 1.29 is 9.59 Å². The molecule has 1 amide bonds. The normalized spacial score (nSPS) is 14.2. The highest BCUT2D eigenvalue weighted by Crippen LogP contribution is 2.22. The number of halogens is 1. The summed E-state index contributed by atoms with van der Waals surface area (Å²) in [5, 5.41) is 0. The molecule has 3 rings (SSSR count). The largest absolute Gasteiger partial charge is 0.356 e. The molecule has 1 aliphatic rings. The molecule has 1 aromatic carbocycles. The van der Waals surface area contributed by atoms with Gasteiger partial charge in [-0.05, 0) is 43.2 Å². The van der Waals surface area contributed by atoms with Gasteiger partial charge in [0.2, 0.25) is 0 Å². The van der Waals surface area contributed by atoms with Crippen molar-refractivity contribution in [2.75, 3.05) is 18.8 Å². The van der Waals surface area contributed by atoms with Gasteiger partial charge in [0, 0.05) is 34.2 Å². The van der Waals surface area contributed by atoms with Crippen LogP contribution in [0.5, 0.6) is 0 Å². The van der Waals surface area contributed by atoms with Crippen LogP contribution in [0.15, 0.2) is 45.9 Å². The van der Waals surface area contributed by atoms with E-state index in [1.54, 1.807) is 12.3 Å². The molecule has 120 valence electrons. The van der Waals surface area contributed by atoms with Crippen molar-refractivity contribution in [3.05, 3.63) is 52.3 Å². The summed E-state index contributed by atoms with van der Waals surface area (Å²) >= 11 is 4.89. The number of carbonyl (C=O) groups is 2. The molecule has 1 fully saturated rings. The Kier molecular flexibility index (Phi) is 5.23. The number of benzene rings is 1. The molecule has 1 N–H and O–H groups in total. The number of hydrogen-bond acceptors (Lipinski definition) is 3. The number of ketones is 1. The third-order valence-electron chi connectivity index (χ3n) is 3.81. The molecule has 0 aliphatic carbocycles. The average molecular weight is 393 g/mol. The van der Waals surface area contributed by atoms with E-state index in [4.69, 9.17) is 0 Å². The van der Waals surface area contributed by atoms with Crippen molar-refractivity contribution in [3.8, 4) is 0 Å². The zero-order valence-corrected chi connectivity index (χ0v) is 15.0. The second kappa shape index (κ2) is 7.36. The number of thioether (sulfide) groups is 1. The molecule has 0 spiro atoms. The minimum Gasteiger partial charge on any atom is -0.356 e. The lowest BCUT2D eigenvalue weighted by molar-refractivity contribution is 0.0787. The highest BCUT2D eigenvalue weighted by molar-refractivity contribution is 9.10. The van der Waals surface area contributed by atoms with Crippen molar-refractivity contribution in [1.29, 1.82) is 0 Å². The van der Waals surface area contributed by atoms with Gasteiger partial charge in [-0.3, -0.25) is 9.59 Å². The first kappa shape index (κ1) is 16.3. The Morgan fingerprint density at radius 3 is 2.57 bits per heavy atom. The Bertz CT molecular complexity index is 706. The fourth-order valence-electron chi connectivity index (χ4n) is 2.53. The number of aromatic nitrogens is 1. The number of amides is 1. The van der Waals surface area contributed by atoms with Crippen LogP contribution in [-0.4, -0.2) is 40.4 Å². The Labute approximate surface area is 147 Å². The van der Waals surface area contributed by atoms with Gasteiger partial charge in [0.15, 0.2) is 5.78 Å². The van der Waals surface area contributed by atoms with Crippen molar-refractivity contribution in [2.45, 2.75) is 17.7 Å². The van der Waals surface area contributed by atoms with Crippen LogP contribution in [0.4, 0.5) is 0 Å². The number of H-pyrrole nitrogens is 1. The first-order valence-corrected chi connectivity index (χ1v) is 9.30. The van der Waals surface area contributed by atoms with E-state index >= 15 is 0 Å². The molecule has 0 unspecified atom stereocenters. The quantitative estimate of drug-likeness (QED) is 0.618. The fourth-order valence-corrected chi connectivity index (χ4v) is 3.59. The first-order valence-electron chi connectivity index (χ1n) is 7.53. The lowest BCUT2D eigenvalue weighted by atomic mass is 10.2. The van der Waals surface area contributed by atoms with Gasteiger partial charge in [-0.2, -0.15) is 0 Å². The zero-order valence-electron chi connectivity index (χ0n) is 12.5. The van der Waals surface area contributed by atoms with E-state index in [0.717, 1.165) is 35.3 Å². The molecule has 0 bridgehead atoms. The first-order chi connectivity index (χ1) is 11.1. The Morgan fingerprint density at radius 2 is 1.87 bits per heavy atom. The van der Waals surface area contributed by atoms with E-state index in [9.17, 15) is 9.59 Å². The Balaban J connectivity index is 1.59. The Morgan fingerprint density at radius 1 is 1.17 bits per heavy atom. The number of rotatable bonds is 5. The molecule has 6 heteroatoms. The zero-order chi connectivity index (χ0) is 16.2. The van der Waals surface area contributed by atoms with Crippen LogP contribution in [0.2, 0.25) is 0 Å². The molecule has 1 aromatic heterocycles. The van der Waals surface area contributed by atoms with Crippen LogP contribution >= 0.6 is 27.7 Å². The summed E-state index contributed by atoms with van der Waals surface area (Å²) < 4.78 is 1.02. The molecular formula is C17H17BrN2O2S. The summed E-state index contributed by atoms with van der Waals surface area (Å²) in [5.74, 6) is 0.369. The lowest BCUT2D eigenvalue weighted by Crippen LogP contribution is -2.27. The molecule has 0 atom stereocenters. The van der Waals surface area contributed by atoms with Crippen LogP contribution in [0, 0.1) is 0 Å². The van der Waals surface area contributed by atoms with Gasteiger partial charge in [0.05, 0.1) is 5.75 Å².